The van der Waals surface area contributed by atoms with Crippen molar-refractivity contribution in [1.29, 1.82) is 0 Å². The standard InChI is InChI=1S/C13H10N2O2/c16-12-11(14-13(17)15-12)10-6-5-8-3-1-2-4-9(8)7-10/h1-7,11H,(H2,14,15,16,17). The predicted octanol–water partition coefficient (Wildman–Crippen LogP) is 1.72. The van der Waals surface area contributed by atoms with Crippen LogP contribution in [0.25, 0.3) is 10.8 Å². The Labute approximate surface area is 97.6 Å². The van der Waals surface area contributed by atoms with Crippen molar-refractivity contribution in [3.8, 4) is 0 Å². The minimum Gasteiger partial charge on any atom is -0.322 e. The molecular weight excluding hydrogens is 216 g/mol. The molecule has 4 heteroatoms. The third-order valence-corrected chi connectivity index (χ3v) is 2.88. The summed E-state index contributed by atoms with van der Waals surface area (Å²) in [6, 6.07) is 12.6. The van der Waals surface area contributed by atoms with Gasteiger partial charge in [0.05, 0.1) is 0 Å². The summed E-state index contributed by atoms with van der Waals surface area (Å²) in [4.78, 5) is 22.6. The number of nitrogens with one attached hydrogen (secondary N) is 2. The lowest BCUT2D eigenvalue weighted by molar-refractivity contribution is -0.120. The zero-order chi connectivity index (χ0) is 11.8. The van der Waals surface area contributed by atoms with Gasteiger partial charge in [-0.25, -0.2) is 4.79 Å². The van der Waals surface area contributed by atoms with Crippen molar-refractivity contribution in [1.82, 2.24) is 10.6 Å². The second-order valence-electron chi connectivity index (χ2n) is 4.00. The molecule has 1 saturated heterocycles. The molecule has 2 aromatic rings. The molecule has 1 fully saturated rings. The Kier molecular flexibility index (Phi) is 2.08. The summed E-state index contributed by atoms with van der Waals surface area (Å²) in [5, 5.41) is 6.98. The van der Waals surface area contributed by atoms with Crippen LogP contribution >= 0.6 is 0 Å². The Hall–Kier alpha value is -2.36. The molecular formula is C13H10N2O2. The third kappa shape index (κ3) is 1.63. The SMILES string of the molecule is O=C1NC(=O)C(c2ccc3ccccc3c2)N1. The molecule has 1 atom stereocenters. The molecule has 4 nitrogen and oxygen atoms in total. The zero-order valence-electron chi connectivity index (χ0n) is 8.94. The van der Waals surface area contributed by atoms with Crippen LogP contribution in [0.4, 0.5) is 4.79 Å². The number of rotatable bonds is 1. The molecule has 3 amide bonds. The van der Waals surface area contributed by atoms with Crippen molar-refractivity contribution in [2.75, 3.05) is 0 Å². The van der Waals surface area contributed by atoms with Gasteiger partial charge in [-0.15, -0.1) is 0 Å². The number of hydrogen-bond donors (Lipinski definition) is 2. The van der Waals surface area contributed by atoms with Gasteiger partial charge in [0.1, 0.15) is 6.04 Å². The Bertz CT molecular complexity index is 622. The molecule has 1 heterocycles. The van der Waals surface area contributed by atoms with E-state index >= 15 is 0 Å². The lowest BCUT2D eigenvalue weighted by Crippen LogP contribution is -2.22. The highest BCUT2D eigenvalue weighted by Gasteiger charge is 2.30. The monoisotopic (exact) mass is 226 g/mol. The maximum absolute atomic E-state index is 11.5. The van der Waals surface area contributed by atoms with Crippen molar-refractivity contribution in [3.05, 3.63) is 48.0 Å². The molecule has 0 saturated carbocycles. The van der Waals surface area contributed by atoms with Crippen molar-refractivity contribution in [2.24, 2.45) is 0 Å². The van der Waals surface area contributed by atoms with Gasteiger partial charge in [-0.2, -0.15) is 0 Å². The summed E-state index contributed by atoms with van der Waals surface area (Å²) in [5.41, 5.74) is 0.798. The maximum atomic E-state index is 11.5. The molecule has 0 radical (unpaired) electrons. The first-order valence-electron chi connectivity index (χ1n) is 5.34. The van der Waals surface area contributed by atoms with Gasteiger partial charge in [0.2, 0.25) is 0 Å². The molecule has 84 valence electrons. The molecule has 17 heavy (non-hydrogen) atoms. The molecule has 0 aliphatic carbocycles. The van der Waals surface area contributed by atoms with Gasteiger partial charge in [-0.3, -0.25) is 10.1 Å². The van der Waals surface area contributed by atoms with Crippen molar-refractivity contribution >= 4 is 22.7 Å². The minimum absolute atomic E-state index is 0.301. The van der Waals surface area contributed by atoms with E-state index in [1.165, 1.54) is 0 Å². The van der Waals surface area contributed by atoms with Crippen LogP contribution in [-0.4, -0.2) is 11.9 Å². The average molecular weight is 226 g/mol. The second kappa shape index (κ2) is 3.59. The van der Waals surface area contributed by atoms with E-state index in [1.54, 1.807) is 0 Å². The van der Waals surface area contributed by atoms with Gasteiger partial charge in [-0.05, 0) is 22.4 Å². The Morgan fingerprint density at radius 2 is 1.71 bits per heavy atom. The first-order chi connectivity index (χ1) is 8.24. The van der Waals surface area contributed by atoms with Crippen LogP contribution in [0, 0.1) is 0 Å². The van der Waals surface area contributed by atoms with E-state index in [2.05, 4.69) is 10.6 Å². The Balaban J connectivity index is 2.06. The fraction of sp³-hybridized carbons (Fsp3) is 0.0769. The van der Waals surface area contributed by atoms with Gasteiger partial charge < -0.3 is 5.32 Å². The fourth-order valence-electron chi connectivity index (χ4n) is 2.04. The summed E-state index contributed by atoms with van der Waals surface area (Å²) in [7, 11) is 0. The number of imide groups is 1. The smallest absolute Gasteiger partial charge is 0.322 e. The summed E-state index contributed by atoms with van der Waals surface area (Å²) in [5.74, 6) is -0.301. The zero-order valence-corrected chi connectivity index (χ0v) is 8.94. The molecule has 1 aliphatic heterocycles. The van der Waals surface area contributed by atoms with Crippen molar-refractivity contribution < 1.29 is 9.59 Å². The number of carbonyl (C=O) groups excluding carboxylic acids is 2. The molecule has 2 aromatic carbocycles. The van der Waals surface area contributed by atoms with E-state index in [9.17, 15) is 9.59 Å². The number of hydrogen-bond acceptors (Lipinski definition) is 2. The highest BCUT2D eigenvalue weighted by atomic mass is 16.2. The van der Waals surface area contributed by atoms with E-state index in [0.717, 1.165) is 16.3 Å². The first-order valence-corrected chi connectivity index (χ1v) is 5.34. The third-order valence-electron chi connectivity index (χ3n) is 2.88. The first kappa shape index (κ1) is 9.84. The second-order valence-corrected chi connectivity index (χ2v) is 4.00. The van der Waals surface area contributed by atoms with Crippen molar-refractivity contribution in [2.45, 2.75) is 6.04 Å². The molecule has 3 rings (SSSR count). The number of urea groups is 1. The van der Waals surface area contributed by atoms with Crippen LogP contribution in [0.3, 0.4) is 0 Å². The van der Waals surface area contributed by atoms with Crippen LogP contribution in [0.15, 0.2) is 42.5 Å². The maximum Gasteiger partial charge on any atom is 0.322 e. The van der Waals surface area contributed by atoms with Crippen LogP contribution < -0.4 is 10.6 Å². The number of fused-ring (bicyclic) bond motifs is 1. The molecule has 1 unspecified atom stereocenters. The van der Waals surface area contributed by atoms with Gasteiger partial charge in [-0.1, -0.05) is 36.4 Å². The van der Waals surface area contributed by atoms with Gasteiger partial charge in [0.25, 0.3) is 5.91 Å². The Morgan fingerprint density at radius 1 is 0.941 bits per heavy atom. The number of carbonyl (C=O) groups is 2. The molecule has 0 bridgehead atoms. The topological polar surface area (TPSA) is 58.2 Å². The summed E-state index contributed by atoms with van der Waals surface area (Å²) in [6.07, 6.45) is 0. The molecule has 0 spiro atoms. The number of amides is 3. The molecule has 2 N–H and O–H groups in total. The highest BCUT2D eigenvalue weighted by Crippen LogP contribution is 2.22. The normalized spacial score (nSPS) is 19.2. The van der Waals surface area contributed by atoms with Gasteiger partial charge >= 0.3 is 6.03 Å². The minimum atomic E-state index is -0.577. The van der Waals surface area contributed by atoms with Crippen LogP contribution in [0.5, 0.6) is 0 Å². The van der Waals surface area contributed by atoms with E-state index in [0.29, 0.717) is 0 Å². The largest absolute Gasteiger partial charge is 0.322 e. The van der Waals surface area contributed by atoms with E-state index in [1.807, 2.05) is 42.5 Å². The van der Waals surface area contributed by atoms with Gasteiger partial charge in [0, 0.05) is 0 Å². The Morgan fingerprint density at radius 3 is 2.41 bits per heavy atom. The van der Waals surface area contributed by atoms with Crippen LogP contribution in [0.1, 0.15) is 11.6 Å². The molecule has 1 aliphatic rings. The molecule has 0 aromatic heterocycles. The lowest BCUT2D eigenvalue weighted by atomic mass is 10.0. The average Bonchev–Trinajstić information content (AvgIpc) is 2.68. The van der Waals surface area contributed by atoms with Crippen LogP contribution in [-0.2, 0) is 4.79 Å². The highest BCUT2D eigenvalue weighted by molar-refractivity contribution is 6.04. The van der Waals surface area contributed by atoms with Crippen molar-refractivity contribution in [3.63, 3.8) is 0 Å². The van der Waals surface area contributed by atoms with E-state index in [4.69, 9.17) is 0 Å². The lowest BCUT2D eigenvalue weighted by Gasteiger charge is -2.08. The summed E-state index contributed by atoms with van der Waals surface area (Å²) in [6.45, 7) is 0. The predicted molar refractivity (Wildman–Crippen MR) is 63.4 cm³/mol. The van der Waals surface area contributed by atoms with Crippen LogP contribution in [0.2, 0.25) is 0 Å². The summed E-state index contributed by atoms with van der Waals surface area (Å²) < 4.78 is 0. The fourth-order valence-corrected chi connectivity index (χ4v) is 2.04. The van der Waals surface area contributed by atoms with E-state index in [-0.39, 0.29) is 5.91 Å². The number of benzene rings is 2. The van der Waals surface area contributed by atoms with Gasteiger partial charge in [0.15, 0.2) is 0 Å². The van der Waals surface area contributed by atoms with E-state index < -0.39 is 12.1 Å². The summed E-state index contributed by atoms with van der Waals surface area (Å²) >= 11 is 0. The quantitative estimate of drug-likeness (QED) is 0.727.